The predicted octanol–water partition coefficient (Wildman–Crippen LogP) is 10.9. The molecule has 242 valence electrons. The van der Waals surface area contributed by atoms with Gasteiger partial charge in [-0.15, -0.1) is 22.7 Å². The molecule has 46 heavy (non-hydrogen) atoms. The number of hydrogen-bond donors (Lipinski definition) is 2. The van der Waals surface area contributed by atoms with Crippen molar-refractivity contribution >= 4 is 58.8 Å². The molecule has 3 N–H and O–H groups in total. The van der Waals surface area contributed by atoms with Gasteiger partial charge in [0.15, 0.2) is 0 Å². The third-order valence-electron chi connectivity index (χ3n) is 6.97. The van der Waals surface area contributed by atoms with E-state index in [9.17, 15) is 0 Å². The van der Waals surface area contributed by atoms with Gasteiger partial charge in [-0.25, -0.2) is 5.90 Å². The lowest BCUT2D eigenvalue weighted by molar-refractivity contribution is 0.00772. The van der Waals surface area contributed by atoms with E-state index in [1.807, 2.05) is 71.2 Å². The van der Waals surface area contributed by atoms with Gasteiger partial charge in [-0.1, -0.05) is 113 Å². The Hall–Kier alpha value is -2.92. The van der Waals surface area contributed by atoms with E-state index in [-0.39, 0.29) is 6.04 Å². The standard InChI is InChI=1S/C17H17NOS.C10H9BrS.C7H9NO.C4H8O/c1-13(18-19-12-14-7-3-2-4-8-14)17-11-15-9-5-6-10-16(15)20-17;1-7(11)10-6-8-4-2-3-5-9(8)12-10;8-9-6-7-4-2-1-3-5-7;1-2-4-5-3-1/h2-11,13,18H,12H2,1H3;2-7H,1H3;1-5H,6,8H2;1-4H2. The number of ether oxygens (including phenoxy) is 1. The Bertz CT molecular complexity index is 1600. The van der Waals surface area contributed by atoms with E-state index >= 15 is 0 Å². The lowest BCUT2D eigenvalue weighted by Crippen LogP contribution is -2.18. The Morgan fingerprint density at radius 2 is 1.17 bits per heavy atom. The molecule has 1 fully saturated rings. The quantitative estimate of drug-likeness (QED) is 0.121. The summed E-state index contributed by atoms with van der Waals surface area (Å²) in [6.45, 7) is 7.34. The molecule has 1 saturated heterocycles. The van der Waals surface area contributed by atoms with E-state index in [1.165, 1.54) is 48.3 Å². The number of rotatable bonds is 8. The molecule has 0 saturated carbocycles. The van der Waals surface area contributed by atoms with Crippen LogP contribution in [0.2, 0.25) is 0 Å². The molecule has 0 amide bonds. The van der Waals surface area contributed by atoms with E-state index in [0.717, 1.165) is 18.8 Å². The highest BCUT2D eigenvalue weighted by Crippen LogP contribution is 2.33. The molecular formula is C38H43BrN2O3S2. The Balaban J connectivity index is 0.000000156. The van der Waals surface area contributed by atoms with E-state index in [0.29, 0.717) is 18.0 Å². The van der Waals surface area contributed by atoms with Gasteiger partial charge in [0.05, 0.1) is 19.3 Å². The van der Waals surface area contributed by atoms with Gasteiger partial charge in [0, 0.05) is 37.2 Å². The first kappa shape index (κ1) is 35.9. The highest BCUT2D eigenvalue weighted by atomic mass is 79.9. The summed E-state index contributed by atoms with van der Waals surface area (Å²) in [5.74, 6) is 4.86. The van der Waals surface area contributed by atoms with E-state index < -0.39 is 0 Å². The first-order valence-electron chi connectivity index (χ1n) is 15.5. The summed E-state index contributed by atoms with van der Waals surface area (Å²) in [6, 6.07) is 41.6. The number of hydroxylamine groups is 1. The third kappa shape index (κ3) is 12.4. The predicted molar refractivity (Wildman–Crippen MR) is 199 cm³/mol. The SMILES string of the molecule is C1CCOC1.CC(Br)c1cc2ccccc2s1.CC(NOCc1ccccc1)c1cc2ccccc2s1.NOCc1ccccc1. The van der Waals surface area contributed by atoms with Gasteiger partial charge in [0.25, 0.3) is 0 Å². The second-order valence-electron chi connectivity index (χ2n) is 10.7. The molecule has 0 spiro atoms. The summed E-state index contributed by atoms with van der Waals surface area (Å²) in [4.78, 5) is 13.2. The van der Waals surface area contributed by atoms with Crippen molar-refractivity contribution in [3.8, 4) is 0 Å². The topological polar surface area (TPSA) is 65.7 Å². The van der Waals surface area contributed by atoms with E-state index in [1.54, 1.807) is 0 Å². The van der Waals surface area contributed by atoms with Crippen molar-refractivity contribution in [2.45, 2.75) is 50.8 Å². The lowest BCUT2D eigenvalue weighted by Gasteiger charge is -2.12. The monoisotopic (exact) mass is 718 g/mol. The van der Waals surface area contributed by atoms with Crippen LogP contribution in [0.15, 0.2) is 121 Å². The molecule has 2 aromatic heterocycles. The highest BCUT2D eigenvalue weighted by Gasteiger charge is 2.09. The van der Waals surface area contributed by atoms with Gasteiger partial charge in [0.2, 0.25) is 0 Å². The molecule has 3 heterocycles. The first-order chi connectivity index (χ1) is 22.5. The van der Waals surface area contributed by atoms with Crippen LogP contribution in [0.3, 0.4) is 0 Å². The maximum atomic E-state index is 5.59. The van der Waals surface area contributed by atoms with Crippen LogP contribution in [0.4, 0.5) is 0 Å². The fraction of sp³-hybridized carbons (Fsp3) is 0.263. The number of nitrogens with one attached hydrogen (secondary N) is 1. The summed E-state index contributed by atoms with van der Waals surface area (Å²) in [6.07, 6.45) is 2.56. The van der Waals surface area contributed by atoms with Crippen molar-refractivity contribution in [1.82, 2.24) is 5.48 Å². The van der Waals surface area contributed by atoms with Gasteiger partial charge in [-0.2, -0.15) is 5.48 Å². The number of nitrogens with two attached hydrogens (primary N) is 1. The van der Waals surface area contributed by atoms with Crippen LogP contribution in [0.25, 0.3) is 20.2 Å². The van der Waals surface area contributed by atoms with Gasteiger partial charge in [-0.3, -0.25) is 9.68 Å². The second kappa shape index (κ2) is 20.3. The number of benzene rings is 4. The molecule has 0 radical (unpaired) electrons. The van der Waals surface area contributed by atoms with Crippen LogP contribution < -0.4 is 11.4 Å². The molecule has 0 aliphatic carbocycles. The van der Waals surface area contributed by atoms with Crippen LogP contribution >= 0.6 is 38.6 Å². The van der Waals surface area contributed by atoms with E-state index in [2.05, 4.69) is 113 Å². The summed E-state index contributed by atoms with van der Waals surface area (Å²) in [5.41, 5.74) is 5.39. The highest BCUT2D eigenvalue weighted by molar-refractivity contribution is 9.09. The Labute approximate surface area is 289 Å². The van der Waals surface area contributed by atoms with Gasteiger partial charge in [-0.05, 0) is 72.9 Å². The minimum absolute atomic E-state index is 0.191. The molecule has 2 unspecified atom stereocenters. The van der Waals surface area contributed by atoms with Crippen LogP contribution in [0.5, 0.6) is 0 Å². The number of fused-ring (bicyclic) bond motifs is 2. The average molecular weight is 720 g/mol. The van der Waals surface area contributed by atoms with Crippen LogP contribution in [0, 0.1) is 0 Å². The zero-order valence-corrected chi connectivity index (χ0v) is 29.7. The minimum Gasteiger partial charge on any atom is -0.381 e. The molecule has 0 bridgehead atoms. The summed E-state index contributed by atoms with van der Waals surface area (Å²) in [7, 11) is 0. The maximum absolute atomic E-state index is 5.59. The molecular weight excluding hydrogens is 676 g/mol. The summed E-state index contributed by atoms with van der Waals surface area (Å²) in [5, 5.41) is 2.65. The fourth-order valence-corrected chi connectivity index (χ4v) is 6.94. The van der Waals surface area contributed by atoms with Gasteiger partial charge in [0.1, 0.15) is 0 Å². The molecule has 4 aromatic carbocycles. The number of halogens is 1. The molecule has 2 atom stereocenters. The third-order valence-corrected chi connectivity index (χ3v) is 10.4. The molecule has 5 nitrogen and oxygen atoms in total. The molecule has 1 aliphatic rings. The second-order valence-corrected chi connectivity index (χ2v) is 14.3. The van der Waals surface area contributed by atoms with Gasteiger partial charge < -0.3 is 4.74 Å². The van der Waals surface area contributed by atoms with Crippen LogP contribution in [-0.4, -0.2) is 13.2 Å². The largest absolute Gasteiger partial charge is 0.381 e. The Morgan fingerprint density at radius 3 is 1.65 bits per heavy atom. The van der Waals surface area contributed by atoms with Crippen molar-refractivity contribution in [2.75, 3.05) is 13.2 Å². The fourth-order valence-electron chi connectivity index (χ4n) is 4.48. The van der Waals surface area contributed by atoms with Crippen molar-refractivity contribution in [1.29, 1.82) is 0 Å². The minimum atomic E-state index is 0.191. The summed E-state index contributed by atoms with van der Waals surface area (Å²) < 4.78 is 7.64. The Morgan fingerprint density at radius 1 is 0.696 bits per heavy atom. The van der Waals surface area contributed by atoms with Crippen LogP contribution in [0.1, 0.15) is 58.4 Å². The van der Waals surface area contributed by atoms with Crippen molar-refractivity contribution in [3.05, 3.63) is 142 Å². The smallest absolute Gasteiger partial charge is 0.0933 e. The van der Waals surface area contributed by atoms with Crippen molar-refractivity contribution in [2.24, 2.45) is 5.90 Å². The number of hydrogen-bond acceptors (Lipinski definition) is 7. The van der Waals surface area contributed by atoms with Gasteiger partial charge >= 0.3 is 0 Å². The number of thiophene rings is 2. The molecule has 6 aromatic rings. The van der Waals surface area contributed by atoms with Crippen LogP contribution in [-0.2, 0) is 27.6 Å². The lowest BCUT2D eigenvalue weighted by atomic mass is 10.2. The first-order valence-corrected chi connectivity index (χ1v) is 18.0. The van der Waals surface area contributed by atoms with Crippen molar-refractivity contribution < 1.29 is 14.4 Å². The normalized spacial score (nSPS) is 13.5. The van der Waals surface area contributed by atoms with E-state index in [4.69, 9.17) is 15.5 Å². The zero-order valence-electron chi connectivity index (χ0n) is 26.4. The molecule has 1 aliphatic heterocycles. The average Bonchev–Trinajstić information content (AvgIpc) is 3.89. The maximum Gasteiger partial charge on any atom is 0.0933 e. The molecule has 7 rings (SSSR count). The number of alkyl halides is 1. The summed E-state index contributed by atoms with van der Waals surface area (Å²) >= 11 is 7.24. The zero-order chi connectivity index (χ0) is 32.4. The Kier molecular flexibility index (Phi) is 15.9. The molecule has 8 heteroatoms. The van der Waals surface area contributed by atoms with Crippen molar-refractivity contribution in [3.63, 3.8) is 0 Å².